The minimum Gasteiger partial charge on any atom is -0.233 e. The van der Waals surface area contributed by atoms with Gasteiger partial charge in [0.1, 0.15) is 5.82 Å². The van der Waals surface area contributed by atoms with Crippen LogP contribution >= 0.6 is 0 Å². The maximum Gasteiger partial charge on any atom is 0.451 e. The number of halogens is 7. The van der Waals surface area contributed by atoms with Crippen LogP contribution in [0, 0.1) is 17.7 Å². The second-order valence-corrected chi connectivity index (χ2v) is 11.6. The number of aryl methyl sites for hydroxylation is 1. The zero-order chi connectivity index (χ0) is 25.5. The minimum atomic E-state index is -4.89. The molecule has 3 rings (SSSR count). The topological polar surface area (TPSA) is 59.9 Å². The molecule has 12 heteroatoms. The highest BCUT2D eigenvalue weighted by Gasteiger charge is 2.48. The Labute approximate surface area is 192 Å². The van der Waals surface area contributed by atoms with Gasteiger partial charge in [-0.05, 0) is 75.6 Å². The van der Waals surface area contributed by atoms with Crippen LogP contribution in [0.15, 0.2) is 35.4 Å². The molecule has 1 aliphatic carbocycles. The van der Waals surface area contributed by atoms with Crippen LogP contribution in [-0.2, 0) is 28.6 Å². The lowest BCUT2D eigenvalue weighted by Crippen LogP contribution is -2.46. The molecule has 1 aromatic carbocycles. The predicted octanol–water partition coefficient (Wildman–Crippen LogP) is 6.25. The Hall–Kier alpha value is -2.24. The van der Waals surface area contributed by atoms with Gasteiger partial charge in [0, 0.05) is 11.9 Å². The van der Waals surface area contributed by atoms with Gasteiger partial charge in [0.25, 0.3) is 0 Å². The Balaban J connectivity index is 1.61. The molecule has 0 atom stereocenters. The van der Waals surface area contributed by atoms with Gasteiger partial charge < -0.3 is 0 Å². The van der Waals surface area contributed by atoms with Crippen LogP contribution in [0.25, 0.3) is 0 Å². The predicted molar refractivity (Wildman–Crippen MR) is 109 cm³/mol. The maximum absolute atomic E-state index is 13.8. The second kappa shape index (κ2) is 9.09. The largest absolute Gasteiger partial charge is 0.451 e. The van der Waals surface area contributed by atoms with Gasteiger partial charge in [-0.15, -0.1) is 0 Å². The summed E-state index contributed by atoms with van der Waals surface area (Å²) < 4.78 is 116. The Morgan fingerprint density at radius 1 is 1.00 bits per heavy atom. The summed E-state index contributed by atoms with van der Waals surface area (Å²) in [6.45, 7) is 2.84. The Morgan fingerprint density at radius 3 is 2.24 bits per heavy atom. The van der Waals surface area contributed by atoms with Gasteiger partial charge in [-0.1, -0.05) is 6.42 Å². The number of hydrogen-bond donors (Lipinski definition) is 0. The molecule has 0 spiro atoms. The summed E-state index contributed by atoms with van der Waals surface area (Å²) in [6.07, 6.45) is -6.00. The van der Waals surface area contributed by atoms with E-state index >= 15 is 0 Å². The summed E-state index contributed by atoms with van der Waals surface area (Å²) in [5, 5.41) is 0. The highest BCUT2D eigenvalue weighted by atomic mass is 32.2. The van der Waals surface area contributed by atoms with Crippen LogP contribution in [0.3, 0.4) is 0 Å². The van der Waals surface area contributed by atoms with Crippen molar-refractivity contribution in [2.24, 2.45) is 11.8 Å². The van der Waals surface area contributed by atoms with Gasteiger partial charge in [-0.3, -0.25) is 0 Å². The van der Waals surface area contributed by atoms with Crippen molar-refractivity contribution in [1.82, 2.24) is 9.97 Å². The highest BCUT2D eigenvalue weighted by molar-refractivity contribution is 7.92. The average molecular weight is 512 g/mol. The number of sulfone groups is 1. The first-order chi connectivity index (χ1) is 15.5. The van der Waals surface area contributed by atoms with Gasteiger partial charge in [0.05, 0.1) is 15.2 Å². The average Bonchev–Trinajstić information content (AvgIpc) is 2.67. The van der Waals surface area contributed by atoms with E-state index in [-0.39, 0.29) is 23.6 Å². The van der Waals surface area contributed by atoms with Crippen LogP contribution in [-0.4, -0.2) is 23.1 Å². The van der Waals surface area contributed by atoms with E-state index in [0.717, 1.165) is 6.20 Å². The monoisotopic (exact) mass is 512 g/mol. The molecule has 0 radical (unpaired) electrons. The summed E-state index contributed by atoms with van der Waals surface area (Å²) in [7, 11) is -4.27. The van der Waals surface area contributed by atoms with E-state index in [1.54, 1.807) is 0 Å². The summed E-state index contributed by atoms with van der Waals surface area (Å²) in [5.74, 6) is -2.71. The van der Waals surface area contributed by atoms with Crippen molar-refractivity contribution in [2.45, 2.75) is 67.9 Å². The number of alkyl halides is 6. The first-order valence-electron chi connectivity index (χ1n) is 10.5. The lowest BCUT2D eigenvalue weighted by Gasteiger charge is -2.45. The highest BCUT2D eigenvalue weighted by Crippen LogP contribution is 2.48. The van der Waals surface area contributed by atoms with Crippen molar-refractivity contribution in [3.05, 3.63) is 53.4 Å². The van der Waals surface area contributed by atoms with Crippen molar-refractivity contribution in [3.63, 3.8) is 0 Å². The van der Waals surface area contributed by atoms with Crippen LogP contribution in [0.5, 0.6) is 0 Å². The number of nitrogens with zero attached hydrogens (tertiary/aromatic N) is 2. The molecule has 1 fully saturated rings. The molecular weight excluding hydrogens is 489 g/mol. The normalized spacial score (nSPS) is 19.7. The maximum atomic E-state index is 13.8. The third-order valence-corrected chi connectivity index (χ3v) is 9.01. The number of benzene rings is 1. The second-order valence-electron chi connectivity index (χ2n) is 9.08. The fourth-order valence-electron chi connectivity index (χ4n) is 4.19. The summed E-state index contributed by atoms with van der Waals surface area (Å²) in [6, 6.07) is 2.70. The zero-order valence-electron chi connectivity index (χ0n) is 18.3. The third-order valence-electron chi connectivity index (χ3n) is 6.43. The molecule has 0 amide bonds. The van der Waals surface area contributed by atoms with E-state index in [9.17, 15) is 39.2 Å². The minimum absolute atomic E-state index is 0.127. The molecule has 1 aliphatic rings. The van der Waals surface area contributed by atoms with Crippen LogP contribution in [0.4, 0.5) is 30.7 Å². The fraction of sp³-hybridized carbons (Fsp3) is 0.545. The van der Waals surface area contributed by atoms with E-state index in [1.165, 1.54) is 19.9 Å². The van der Waals surface area contributed by atoms with E-state index < -0.39 is 49.0 Å². The number of rotatable bonds is 7. The van der Waals surface area contributed by atoms with Crippen molar-refractivity contribution in [1.29, 1.82) is 0 Å². The SMILES string of the molecule is CC(C)(C1CC(CCCc2ccnc(C(F)(F)F)n2)C1)S(=O)(=O)c1cc(F)cc(C(F)(F)F)c1. The van der Waals surface area contributed by atoms with E-state index in [0.29, 0.717) is 44.2 Å². The van der Waals surface area contributed by atoms with Crippen molar-refractivity contribution >= 4 is 9.84 Å². The molecule has 0 bridgehead atoms. The Kier molecular flexibility index (Phi) is 7.05. The first kappa shape index (κ1) is 26.4. The molecule has 1 aromatic heterocycles. The van der Waals surface area contributed by atoms with E-state index in [4.69, 9.17) is 0 Å². The lowest BCUT2D eigenvalue weighted by molar-refractivity contribution is -0.145. The molecule has 34 heavy (non-hydrogen) atoms. The van der Waals surface area contributed by atoms with E-state index in [1.807, 2.05) is 0 Å². The number of hydrogen-bond acceptors (Lipinski definition) is 4. The van der Waals surface area contributed by atoms with E-state index in [2.05, 4.69) is 9.97 Å². The van der Waals surface area contributed by atoms with Gasteiger partial charge in [0.2, 0.25) is 5.82 Å². The molecule has 1 saturated carbocycles. The van der Waals surface area contributed by atoms with Gasteiger partial charge >= 0.3 is 12.4 Å². The molecule has 188 valence electrons. The van der Waals surface area contributed by atoms with Crippen LogP contribution < -0.4 is 0 Å². The molecule has 0 saturated heterocycles. The summed E-state index contributed by atoms with van der Waals surface area (Å²) in [4.78, 5) is 6.01. The third kappa shape index (κ3) is 5.52. The molecule has 0 unspecified atom stereocenters. The van der Waals surface area contributed by atoms with Gasteiger partial charge in [-0.2, -0.15) is 26.3 Å². The quantitative estimate of drug-likeness (QED) is 0.411. The molecule has 2 aromatic rings. The van der Waals surface area contributed by atoms with Crippen molar-refractivity contribution in [3.8, 4) is 0 Å². The van der Waals surface area contributed by atoms with Crippen molar-refractivity contribution in [2.75, 3.05) is 0 Å². The number of aromatic nitrogens is 2. The fourth-order valence-corrected chi connectivity index (χ4v) is 5.98. The molecular formula is C22H23F7N2O2S. The van der Waals surface area contributed by atoms with Gasteiger partial charge in [0.15, 0.2) is 9.84 Å². The van der Waals surface area contributed by atoms with Crippen LogP contribution in [0.1, 0.15) is 56.6 Å². The summed E-state index contributed by atoms with van der Waals surface area (Å²) in [5.41, 5.74) is -1.11. The van der Waals surface area contributed by atoms with Crippen molar-refractivity contribution < 1.29 is 39.2 Å². The Morgan fingerprint density at radius 2 is 1.65 bits per heavy atom. The molecule has 0 aliphatic heterocycles. The zero-order valence-corrected chi connectivity index (χ0v) is 19.2. The van der Waals surface area contributed by atoms with Crippen LogP contribution in [0.2, 0.25) is 0 Å². The standard InChI is InChI=1S/C22H23F7N2O2S/c1-20(2,34(32,33)18-11-15(21(24,25)26)10-16(23)12-18)14-8-13(9-14)4-3-5-17-6-7-30-19(31-17)22(27,28)29/h6-7,10-14H,3-5,8-9H2,1-2H3. The van der Waals surface area contributed by atoms with Gasteiger partial charge in [-0.25, -0.2) is 22.8 Å². The first-order valence-corrected chi connectivity index (χ1v) is 12.0. The lowest BCUT2D eigenvalue weighted by atomic mass is 9.67. The summed E-state index contributed by atoms with van der Waals surface area (Å²) >= 11 is 0. The molecule has 1 heterocycles. The molecule has 0 N–H and O–H groups in total. The Bertz CT molecular complexity index is 1140. The smallest absolute Gasteiger partial charge is 0.233 e. The molecule has 4 nitrogen and oxygen atoms in total.